The van der Waals surface area contributed by atoms with Crippen LogP contribution in [0.25, 0.3) is 5.65 Å². The van der Waals surface area contributed by atoms with E-state index < -0.39 is 10.8 Å². The number of methoxy groups -OCH3 is 1. The molecule has 0 atom stereocenters. The fourth-order valence-corrected chi connectivity index (χ4v) is 2.62. The highest BCUT2D eigenvalue weighted by atomic mass is 16.6. The van der Waals surface area contributed by atoms with Crippen molar-refractivity contribution in [3.8, 4) is 5.75 Å². The van der Waals surface area contributed by atoms with Crippen molar-refractivity contribution in [2.45, 2.75) is 13.3 Å². The lowest BCUT2D eigenvalue weighted by Crippen LogP contribution is -2.17. The summed E-state index contributed by atoms with van der Waals surface area (Å²) in [7, 11) is 1.43. The van der Waals surface area contributed by atoms with Gasteiger partial charge in [-0.1, -0.05) is 13.0 Å². The van der Waals surface area contributed by atoms with Crippen LogP contribution in [0.5, 0.6) is 5.75 Å². The van der Waals surface area contributed by atoms with E-state index in [-0.39, 0.29) is 11.4 Å². The zero-order valence-electron chi connectivity index (χ0n) is 13.7. The fraction of sp³-hybridized carbons (Fsp3) is 0.176. The second-order valence-corrected chi connectivity index (χ2v) is 5.29. The van der Waals surface area contributed by atoms with Gasteiger partial charge in [-0.05, 0) is 24.6 Å². The highest BCUT2D eigenvalue weighted by Gasteiger charge is 2.20. The van der Waals surface area contributed by atoms with Gasteiger partial charge >= 0.3 is 0 Å². The van der Waals surface area contributed by atoms with Crippen molar-refractivity contribution in [3.63, 3.8) is 0 Å². The number of rotatable bonds is 5. The number of anilines is 1. The molecule has 3 aromatic rings. The van der Waals surface area contributed by atoms with Gasteiger partial charge in [0.05, 0.1) is 23.4 Å². The molecule has 2 heterocycles. The normalized spacial score (nSPS) is 10.6. The van der Waals surface area contributed by atoms with E-state index in [1.807, 2.05) is 19.1 Å². The van der Waals surface area contributed by atoms with Crippen molar-refractivity contribution in [1.29, 1.82) is 0 Å². The Balaban J connectivity index is 2.03. The quantitative estimate of drug-likeness (QED) is 0.568. The number of carbonyl (C=O) groups excluding carboxylic acids is 1. The number of ether oxygens (including phenoxy) is 1. The van der Waals surface area contributed by atoms with Crippen LogP contribution in [0.2, 0.25) is 0 Å². The monoisotopic (exact) mass is 340 g/mol. The summed E-state index contributed by atoms with van der Waals surface area (Å²) in [6, 6.07) is 9.49. The van der Waals surface area contributed by atoms with E-state index in [9.17, 15) is 14.9 Å². The van der Waals surface area contributed by atoms with Crippen molar-refractivity contribution in [1.82, 2.24) is 9.38 Å². The van der Waals surface area contributed by atoms with E-state index in [0.717, 1.165) is 0 Å². The molecular weight excluding hydrogens is 324 g/mol. The summed E-state index contributed by atoms with van der Waals surface area (Å²) >= 11 is 0. The van der Waals surface area contributed by atoms with Gasteiger partial charge in [0.2, 0.25) is 0 Å². The molecular formula is C17H16N4O4. The van der Waals surface area contributed by atoms with Crippen LogP contribution in [0.3, 0.4) is 0 Å². The van der Waals surface area contributed by atoms with E-state index in [2.05, 4.69) is 10.3 Å². The number of hydrogen-bond donors (Lipinski definition) is 1. The lowest BCUT2D eigenvalue weighted by atomic mass is 10.2. The molecule has 2 aromatic heterocycles. The van der Waals surface area contributed by atoms with Crippen LogP contribution in [-0.4, -0.2) is 27.3 Å². The molecule has 0 aliphatic rings. The van der Waals surface area contributed by atoms with Crippen LogP contribution in [0.15, 0.2) is 42.6 Å². The van der Waals surface area contributed by atoms with Crippen LogP contribution in [0.1, 0.15) is 23.1 Å². The number of carbonyl (C=O) groups is 1. The predicted molar refractivity (Wildman–Crippen MR) is 92.2 cm³/mol. The summed E-state index contributed by atoms with van der Waals surface area (Å²) in [5.41, 5.74) is 1.80. The zero-order chi connectivity index (χ0) is 18.0. The highest BCUT2D eigenvalue weighted by Crippen LogP contribution is 2.29. The van der Waals surface area contributed by atoms with E-state index in [1.54, 1.807) is 16.7 Å². The van der Waals surface area contributed by atoms with Gasteiger partial charge in [0.1, 0.15) is 17.1 Å². The Labute approximate surface area is 143 Å². The SMILES string of the molecule is CCc1nc2ccccn2c1C(=O)Nc1cc([N+](=O)[O-])ccc1OC. The third-order valence-corrected chi connectivity index (χ3v) is 3.79. The number of nitrogens with one attached hydrogen (secondary N) is 1. The van der Waals surface area contributed by atoms with Crippen LogP contribution in [0.4, 0.5) is 11.4 Å². The van der Waals surface area contributed by atoms with Gasteiger partial charge in [-0.2, -0.15) is 0 Å². The number of hydrogen-bond acceptors (Lipinski definition) is 5. The van der Waals surface area contributed by atoms with Gasteiger partial charge in [0.15, 0.2) is 0 Å². The number of benzene rings is 1. The van der Waals surface area contributed by atoms with E-state index in [1.165, 1.54) is 25.3 Å². The summed E-state index contributed by atoms with van der Waals surface area (Å²) in [6.07, 6.45) is 2.33. The molecule has 0 radical (unpaired) electrons. The summed E-state index contributed by atoms with van der Waals surface area (Å²) in [4.78, 5) is 27.7. The number of imidazole rings is 1. The number of nitrogens with zero attached hydrogens (tertiary/aromatic N) is 3. The smallest absolute Gasteiger partial charge is 0.274 e. The Bertz CT molecular complexity index is 964. The highest BCUT2D eigenvalue weighted by molar-refractivity contribution is 6.05. The molecule has 8 nitrogen and oxygen atoms in total. The first-order valence-corrected chi connectivity index (χ1v) is 7.65. The molecule has 0 saturated heterocycles. The standard InChI is InChI=1S/C17H16N4O4/c1-3-12-16(20-9-5-4-6-15(20)18-12)17(22)19-13-10-11(21(23)24)7-8-14(13)25-2/h4-10H,3H2,1-2H3,(H,19,22). The van der Waals surface area contributed by atoms with Crippen molar-refractivity contribution >= 4 is 22.9 Å². The number of amides is 1. The maximum absolute atomic E-state index is 12.8. The number of non-ortho nitro benzene ring substituents is 1. The molecule has 1 aromatic carbocycles. The second-order valence-electron chi connectivity index (χ2n) is 5.29. The van der Waals surface area contributed by atoms with E-state index in [0.29, 0.717) is 29.2 Å². The third kappa shape index (κ3) is 3.01. The largest absolute Gasteiger partial charge is 0.495 e. The van der Waals surface area contributed by atoms with Gasteiger partial charge in [0.25, 0.3) is 11.6 Å². The average Bonchev–Trinajstić information content (AvgIpc) is 3.00. The summed E-state index contributed by atoms with van der Waals surface area (Å²) in [6.45, 7) is 1.91. The van der Waals surface area contributed by atoms with Gasteiger partial charge < -0.3 is 10.1 Å². The van der Waals surface area contributed by atoms with Crippen LogP contribution in [0, 0.1) is 10.1 Å². The van der Waals surface area contributed by atoms with Crippen molar-refractivity contribution in [3.05, 3.63) is 64.1 Å². The summed E-state index contributed by atoms with van der Waals surface area (Å²) < 4.78 is 6.88. The number of nitro benzene ring substituents is 1. The molecule has 8 heteroatoms. The molecule has 0 aliphatic carbocycles. The number of fused-ring (bicyclic) bond motifs is 1. The molecule has 0 aliphatic heterocycles. The Kier molecular flexibility index (Phi) is 4.34. The topological polar surface area (TPSA) is 98.8 Å². The van der Waals surface area contributed by atoms with Crippen LogP contribution in [-0.2, 0) is 6.42 Å². The molecule has 25 heavy (non-hydrogen) atoms. The first kappa shape index (κ1) is 16.4. The molecule has 3 rings (SSSR count). The Morgan fingerprint density at radius 2 is 2.16 bits per heavy atom. The third-order valence-electron chi connectivity index (χ3n) is 3.79. The first-order chi connectivity index (χ1) is 12.0. The molecule has 0 fully saturated rings. The second kappa shape index (κ2) is 6.60. The predicted octanol–water partition coefficient (Wildman–Crippen LogP) is 3.07. The molecule has 1 N–H and O–H groups in total. The zero-order valence-corrected chi connectivity index (χ0v) is 13.7. The fourth-order valence-electron chi connectivity index (χ4n) is 2.62. The van der Waals surface area contributed by atoms with Crippen molar-refractivity contribution in [2.75, 3.05) is 12.4 Å². The Hall–Kier alpha value is -3.42. The lowest BCUT2D eigenvalue weighted by molar-refractivity contribution is -0.384. The summed E-state index contributed by atoms with van der Waals surface area (Å²) in [5, 5.41) is 13.7. The van der Waals surface area contributed by atoms with Gasteiger partial charge in [0, 0.05) is 18.3 Å². The van der Waals surface area contributed by atoms with Crippen LogP contribution >= 0.6 is 0 Å². The molecule has 0 unspecified atom stereocenters. The van der Waals surface area contributed by atoms with Gasteiger partial charge in [-0.25, -0.2) is 4.98 Å². The maximum Gasteiger partial charge on any atom is 0.274 e. The minimum atomic E-state index is -0.527. The van der Waals surface area contributed by atoms with Gasteiger partial charge in [-0.15, -0.1) is 0 Å². The minimum Gasteiger partial charge on any atom is -0.495 e. The number of aromatic nitrogens is 2. The summed E-state index contributed by atoms with van der Waals surface area (Å²) in [5.74, 6) is -0.0693. The molecule has 0 spiro atoms. The average molecular weight is 340 g/mol. The molecule has 0 saturated carbocycles. The van der Waals surface area contributed by atoms with Gasteiger partial charge in [-0.3, -0.25) is 19.3 Å². The van der Waals surface area contributed by atoms with Crippen LogP contribution < -0.4 is 10.1 Å². The maximum atomic E-state index is 12.8. The molecule has 0 bridgehead atoms. The number of pyridine rings is 1. The Morgan fingerprint density at radius 1 is 1.36 bits per heavy atom. The van der Waals surface area contributed by atoms with Crippen molar-refractivity contribution < 1.29 is 14.5 Å². The van der Waals surface area contributed by atoms with Crippen molar-refractivity contribution in [2.24, 2.45) is 0 Å². The van der Waals surface area contributed by atoms with E-state index >= 15 is 0 Å². The molecule has 128 valence electrons. The number of nitro groups is 1. The molecule has 1 amide bonds. The van der Waals surface area contributed by atoms with E-state index in [4.69, 9.17) is 4.74 Å². The first-order valence-electron chi connectivity index (χ1n) is 7.65. The Morgan fingerprint density at radius 3 is 2.84 bits per heavy atom. The number of aryl methyl sites for hydroxylation is 1. The minimum absolute atomic E-state index is 0.134. The lowest BCUT2D eigenvalue weighted by Gasteiger charge is -2.10.